The van der Waals surface area contributed by atoms with Crippen LogP contribution in [-0.2, 0) is 14.8 Å². The van der Waals surface area contributed by atoms with Crippen molar-refractivity contribution in [2.24, 2.45) is 11.8 Å². The third-order valence-corrected chi connectivity index (χ3v) is 8.13. The lowest BCUT2D eigenvalue weighted by atomic mass is 9.95. The van der Waals surface area contributed by atoms with Crippen LogP contribution in [0.3, 0.4) is 0 Å². The maximum absolute atomic E-state index is 13.4. The fraction of sp³-hybridized carbons (Fsp3) is 0.435. The number of hydrogen-bond donors (Lipinski definition) is 1. The van der Waals surface area contributed by atoms with Gasteiger partial charge in [-0.3, -0.25) is 9.10 Å². The van der Waals surface area contributed by atoms with E-state index in [0.29, 0.717) is 23.3 Å². The number of amides is 1. The molecule has 1 amide bonds. The quantitative estimate of drug-likeness (QED) is 0.732. The third-order valence-electron chi connectivity index (χ3n) is 6.34. The molecule has 0 radical (unpaired) electrons. The summed E-state index contributed by atoms with van der Waals surface area (Å²) in [5.74, 6) is 1.55. The van der Waals surface area contributed by atoms with Crippen LogP contribution in [0.1, 0.15) is 31.2 Å². The standard InChI is InChI=1S/C23H28N2O4S/c1-16-3-7-19(8-4-16)25(30(27,28)21-11-9-20(29-2)10-12-21)15-23(26)24-22-14-17-5-6-18(22)13-17/h3-4,7-12,17-18,22H,5-6,13-15H2,1-2H3,(H,24,26)/t17-,18+,22+/m0/s1. The van der Waals surface area contributed by atoms with E-state index in [0.717, 1.165) is 18.4 Å². The molecule has 0 unspecified atom stereocenters. The van der Waals surface area contributed by atoms with Crippen LogP contribution < -0.4 is 14.4 Å². The fourth-order valence-electron chi connectivity index (χ4n) is 4.71. The SMILES string of the molecule is COc1ccc(S(=O)(=O)N(CC(=O)N[C@@H]2C[C@H]3CC[C@@H]2C3)c2ccc(C)cc2)cc1. The number of nitrogens with zero attached hydrogens (tertiary/aromatic N) is 1. The predicted octanol–water partition coefficient (Wildman–Crippen LogP) is 3.50. The molecule has 0 saturated heterocycles. The Balaban J connectivity index is 1.58. The number of methoxy groups -OCH3 is 1. The van der Waals surface area contributed by atoms with Gasteiger partial charge in [-0.05, 0) is 74.4 Å². The van der Waals surface area contributed by atoms with E-state index >= 15 is 0 Å². The normalized spacial score (nSPS) is 22.7. The minimum absolute atomic E-state index is 0.122. The summed E-state index contributed by atoms with van der Waals surface area (Å²) in [6.45, 7) is 1.69. The van der Waals surface area contributed by atoms with Crippen LogP contribution >= 0.6 is 0 Å². The van der Waals surface area contributed by atoms with E-state index in [1.165, 1.54) is 36.4 Å². The number of benzene rings is 2. The monoisotopic (exact) mass is 428 g/mol. The average molecular weight is 429 g/mol. The molecule has 2 saturated carbocycles. The number of fused-ring (bicyclic) bond motifs is 2. The van der Waals surface area contributed by atoms with Gasteiger partial charge in [0.2, 0.25) is 5.91 Å². The van der Waals surface area contributed by atoms with Crippen molar-refractivity contribution in [2.75, 3.05) is 18.0 Å². The van der Waals surface area contributed by atoms with Crippen LogP contribution in [0.4, 0.5) is 5.69 Å². The van der Waals surface area contributed by atoms with Crippen LogP contribution in [0.25, 0.3) is 0 Å². The van der Waals surface area contributed by atoms with Crippen LogP contribution in [0, 0.1) is 18.8 Å². The molecule has 2 fully saturated rings. The van der Waals surface area contributed by atoms with Crippen molar-refractivity contribution in [1.82, 2.24) is 5.32 Å². The Bertz CT molecular complexity index is 1000. The van der Waals surface area contributed by atoms with Gasteiger partial charge in [-0.2, -0.15) is 0 Å². The van der Waals surface area contributed by atoms with Crippen molar-refractivity contribution >= 4 is 21.6 Å². The molecule has 0 aliphatic heterocycles. The fourth-order valence-corrected chi connectivity index (χ4v) is 6.13. The molecule has 0 heterocycles. The Morgan fingerprint density at radius 1 is 1.07 bits per heavy atom. The number of aryl methyl sites for hydroxylation is 1. The summed E-state index contributed by atoms with van der Waals surface area (Å²) in [6.07, 6.45) is 4.59. The van der Waals surface area contributed by atoms with E-state index in [1.54, 1.807) is 24.3 Å². The summed E-state index contributed by atoms with van der Waals surface area (Å²) >= 11 is 0. The Labute approximate surface area is 178 Å². The molecule has 2 aliphatic rings. The smallest absolute Gasteiger partial charge is 0.264 e. The predicted molar refractivity (Wildman–Crippen MR) is 116 cm³/mol. The Hall–Kier alpha value is -2.54. The minimum Gasteiger partial charge on any atom is -0.497 e. The molecule has 160 valence electrons. The van der Waals surface area contributed by atoms with Crippen LogP contribution in [-0.4, -0.2) is 34.0 Å². The number of rotatable bonds is 7. The van der Waals surface area contributed by atoms with E-state index in [2.05, 4.69) is 5.32 Å². The van der Waals surface area contributed by atoms with E-state index < -0.39 is 10.0 Å². The van der Waals surface area contributed by atoms with Gasteiger partial charge in [-0.25, -0.2) is 8.42 Å². The molecule has 6 nitrogen and oxygen atoms in total. The highest BCUT2D eigenvalue weighted by Gasteiger charge is 2.40. The van der Waals surface area contributed by atoms with E-state index in [-0.39, 0.29) is 23.4 Å². The number of carbonyl (C=O) groups is 1. The first kappa shape index (κ1) is 20.7. The Kier molecular flexibility index (Phi) is 5.73. The number of sulfonamides is 1. The summed E-state index contributed by atoms with van der Waals surface area (Å²) in [5, 5.41) is 3.10. The van der Waals surface area contributed by atoms with Gasteiger partial charge in [0.1, 0.15) is 12.3 Å². The first-order chi connectivity index (χ1) is 14.4. The van der Waals surface area contributed by atoms with E-state index in [4.69, 9.17) is 4.74 Å². The molecule has 2 aromatic carbocycles. The number of carbonyl (C=O) groups excluding carboxylic acids is 1. The van der Waals surface area contributed by atoms with Crippen LogP contribution in [0.2, 0.25) is 0 Å². The molecule has 0 spiro atoms. The van der Waals surface area contributed by atoms with Crippen LogP contribution in [0.5, 0.6) is 5.75 Å². The topological polar surface area (TPSA) is 75.7 Å². The molecule has 2 bridgehead atoms. The molecular formula is C23H28N2O4S. The maximum atomic E-state index is 13.4. The molecule has 0 aromatic heterocycles. The first-order valence-corrected chi connectivity index (χ1v) is 11.8. The first-order valence-electron chi connectivity index (χ1n) is 10.4. The van der Waals surface area contributed by atoms with E-state index in [9.17, 15) is 13.2 Å². The summed E-state index contributed by atoms with van der Waals surface area (Å²) in [4.78, 5) is 13.0. The maximum Gasteiger partial charge on any atom is 0.264 e. The zero-order valence-corrected chi connectivity index (χ0v) is 18.2. The largest absolute Gasteiger partial charge is 0.497 e. The lowest BCUT2D eigenvalue weighted by Gasteiger charge is -2.27. The highest BCUT2D eigenvalue weighted by atomic mass is 32.2. The van der Waals surface area contributed by atoms with Crippen LogP contribution in [0.15, 0.2) is 53.4 Å². The summed E-state index contributed by atoms with van der Waals surface area (Å²) in [7, 11) is -2.38. The van der Waals surface area contributed by atoms with Gasteiger partial charge in [0.15, 0.2) is 0 Å². The van der Waals surface area contributed by atoms with Gasteiger partial charge in [-0.15, -0.1) is 0 Å². The highest BCUT2D eigenvalue weighted by Crippen LogP contribution is 2.44. The van der Waals surface area contributed by atoms with Gasteiger partial charge >= 0.3 is 0 Å². The summed E-state index contributed by atoms with van der Waals surface area (Å²) in [6, 6.07) is 13.6. The molecule has 30 heavy (non-hydrogen) atoms. The van der Waals surface area contributed by atoms with Crippen molar-refractivity contribution in [2.45, 2.75) is 43.5 Å². The summed E-state index contributed by atoms with van der Waals surface area (Å²) < 4.78 is 33.2. The number of hydrogen-bond acceptors (Lipinski definition) is 4. The van der Waals surface area contributed by atoms with Crippen molar-refractivity contribution in [1.29, 1.82) is 0 Å². The minimum atomic E-state index is -3.91. The second kappa shape index (κ2) is 8.30. The molecule has 3 atom stereocenters. The van der Waals surface area contributed by atoms with Gasteiger partial charge in [0, 0.05) is 6.04 Å². The molecule has 4 rings (SSSR count). The second-order valence-corrected chi connectivity index (χ2v) is 10.2. The number of nitrogens with one attached hydrogen (secondary N) is 1. The van der Waals surface area contributed by atoms with Gasteiger partial charge in [0.05, 0.1) is 17.7 Å². The highest BCUT2D eigenvalue weighted by molar-refractivity contribution is 7.92. The van der Waals surface area contributed by atoms with E-state index in [1.807, 2.05) is 19.1 Å². The van der Waals surface area contributed by atoms with Crippen molar-refractivity contribution in [3.05, 3.63) is 54.1 Å². The molecule has 1 N–H and O–H groups in total. The van der Waals surface area contributed by atoms with Crippen molar-refractivity contribution in [3.8, 4) is 5.75 Å². The number of anilines is 1. The number of ether oxygens (including phenoxy) is 1. The van der Waals surface area contributed by atoms with Gasteiger partial charge in [0.25, 0.3) is 10.0 Å². The molecule has 2 aliphatic carbocycles. The second-order valence-electron chi connectivity index (χ2n) is 8.37. The Morgan fingerprint density at radius 2 is 1.77 bits per heavy atom. The third kappa shape index (κ3) is 4.17. The average Bonchev–Trinajstić information content (AvgIpc) is 3.36. The lowest BCUT2D eigenvalue weighted by Crippen LogP contribution is -2.46. The Morgan fingerprint density at radius 3 is 2.33 bits per heavy atom. The summed E-state index contributed by atoms with van der Waals surface area (Å²) in [5.41, 5.74) is 1.49. The molecule has 7 heteroatoms. The van der Waals surface area contributed by atoms with Gasteiger partial charge < -0.3 is 10.1 Å². The lowest BCUT2D eigenvalue weighted by molar-refractivity contribution is -0.120. The molecular weight excluding hydrogens is 400 g/mol. The molecule has 2 aromatic rings. The zero-order valence-electron chi connectivity index (χ0n) is 17.4. The van der Waals surface area contributed by atoms with Crippen molar-refractivity contribution < 1.29 is 17.9 Å². The zero-order chi connectivity index (χ0) is 21.3. The van der Waals surface area contributed by atoms with Crippen molar-refractivity contribution in [3.63, 3.8) is 0 Å². The van der Waals surface area contributed by atoms with Gasteiger partial charge in [-0.1, -0.05) is 24.1 Å².